The fraction of sp³-hybridized carbons (Fsp3) is 0.671. The lowest BCUT2D eigenvalue weighted by Gasteiger charge is -2.29. The van der Waals surface area contributed by atoms with Gasteiger partial charge in [0.1, 0.15) is 84.1 Å². The number of aliphatic hydroxyl groups is 2. The Morgan fingerprint density at radius 3 is 1.23 bits per heavy atom. The first-order valence-corrected chi connectivity index (χ1v) is 45.4. The first kappa shape index (κ1) is 95.5. The number of ether oxygens (including phenoxy) is 6. The van der Waals surface area contributed by atoms with Gasteiger partial charge in [0.25, 0.3) is 0 Å². The Morgan fingerprint density at radius 1 is 0.496 bits per heavy atom. The average Bonchev–Trinajstić information content (AvgIpc) is 1.56. The van der Waals surface area contributed by atoms with E-state index in [0.29, 0.717) is 40.7 Å². The summed E-state index contributed by atoms with van der Waals surface area (Å²) in [5.74, 6) is -1.92. The van der Waals surface area contributed by atoms with Crippen LogP contribution in [0.25, 0.3) is 11.0 Å². The topological polar surface area (TPSA) is 415 Å². The van der Waals surface area contributed by atoms with Gasteiger partial charge in [0.2, 0.25) is 11.2 Å². The lowest BCUT2D eigenvalue weighted by Crippen LogP contribution is -2.41. The van der Waals surface area contributed by atoms with Crippen LogP contribution in [0, 0.1) is 57.0 Å². The summed E-state index contributed by atoms with van der Waals surface area (Å²) in [6.07, 6.45) is 36.6. The Labute approximate surface area is 688 Å². The molecule has 8 N–H and O–H groups in total. The predicted molar refractivity (Wildman–Crippen MR) is 435 cm³/mol. The van der Waals surface area contributed by atoms with Crippen LogP contribution in [0.3, 0.4) is 0 Å². The summed E-state index contributed by atoms with van der Waals surface area (Å²) in [4.78, 5) is 29.4. The molecule has 644 valence electrons. The third kappa shape index (κ3) is 29.7. The molecule has 6 aromatic rings. The van der Waals surface area contributed by atoms with E-state index in [1.54, 1.807) is 32.0 Å². The summed E-state index contributed by atoms with van der Waals surface area (Å²) >= 11 is 0. The van der Waals surface area contributed by atoms with Crippen LogP contribution < -0.4 is 11.5 Å². The van der Waals surface area contributed by atoms with Crippen LogP contribution in [0.1, 0.15) is 292 Å². The maximum Gasteiger partial charge on any atom is 0.472 e. The molecule has 28 nitrogen and oxygen atoms in total. The number of nitrogen functional groups attached to an aromatic ring is 2. The highest BCUT2D eigenvalue weighted by atomic mass is 31.2. The minimum Gasteiger partial charge on any atom is -0.387 e. The van der Waals surface area contributed by atoms with Crippen molar-refractivity contribution in [3.05, 3.63) is 119 Å². The van der Waals surface area contributed by atoms with Crippen molar-refractivity contribution in [3.8, 4) is 24.3 Å². The number of nitrogens with two attached hydrogens (primary N) is 2. The van der Waals surface area contributed by atoms with Crippen molar-refractivity contribution in [1.82, 2.24) is 29.2 Å². The van der Waals surface area contributed by atoms with Crippen LogP contribution in [0.15, 0.2) is 73.3 Å². The van der Waals surface area contributed by atoms with Gasteiger partial charge in [-0.15, -0.1) is 0 Å². The van der Waals surface area contributed by atoms with Gasteiger partial charge in [0.05, 0.1) is 86.5 Å². The fourth-order valence-corrected chi connectivity index (χ4v) is 17.0. The molecule has 3 fully saturated rings. The van der Waals surface area contributed by atoms with E-state index >= 15 is 0 Å². The molecule has 3 aliphatic heterocycles. The van der Waals surface area contributed by atoms with Crippen LogP contribution >= 0.6 is 15.6 Å². The number of unbranched alkanes of at least 4 members (excludes halogenated alkanes) is 32. The van der Waals surface area contributed by atoms with Crippen molar-refractivity contribution in [2.24, 2.45) is 0 Å². The molecule has 9 rings (SSSR count). The summed E-state index contributed by atoms with van der Waals surface area (Å²) in [5.41, 5.74) is 10.5. The van der Waals surface area contributed by atoms with Gasteiger partial charge in [-0.25, -0.2) is 36.9 Å². The summed E-state index contributed by atoms with van der Waals surface area (Å²) in [7, 11) is -9.48. The van der Waals surface area contributed by atoms with Gasteiger partial charge in [0, 0.05) is 0 Å². The van der Waals surface area contributed by atoms with E-state index in [1.165, 1.54) is 213 Å². The Balaban J connectivity index is 0.000000292. The quantitative estimate of drug-likeness (QED) is 0.0153. The number of nitrogens with zero attached hydrogens (tertiary/aromatic N) is 10. The molecule has 2 unspecified atom stereocenters. The van der Waals surface area contributed by atoms with Gasteiger partial charge >= 0.3 is 15.6 Å². The maximum atomic E-state index is 14.2. The first-order chi connectivity index (χ1) is 56.4. The number of aromatic nitrogens is 6. The van der Waals surface area contributed by atoms with E-state index < -0.39 is 106 Å². The Morgan fingerprint density at radius 2 is 0.855 bits per heavy atom. The Bertz CT molecular complexity index is 4270. The van der Waals surface area contributed by atoms with Crippen LogP contribution in [-0.4, -0.2) is 130 Å². The lowest BCUT2D eigenvalue weighted by atomic mass is 9.92. The second kappa shape index (κ2) is 49.0. The van der Waals surface area contributed by atoms with Gasteiger partial charge in [-0.1, -0.05) is 232 Å². The fourth-order valence-electron chi connectivity index (χ4n) is 15.4. The number of hydrogen-bond donors (Lipinski definition) is 6. The second-order valence-corrected chi connectivity index (χ2v) is 34.5. The molecular formula is C85H124F2N12O16P2. The van der Waals surface area contributed by atoms with E-state index in [2.05, 4.69) is 40.1 Å². The average molecular weight is 1670 g/mol. The molecule has 32 heteroatoms. The van der Waals surface area contributed by atoms with Gasteiger partial charge in [-0.2, -0.15) is 31.2 Å². The summed E-state index contributed by atoms with van der Waals surface area (Å²) in [6, 6.07) is 22.2. The SMILES string of the molecule is CCCCCCCCCCCCCCCCCCC[C@H](COP(=O)(O)OC[C@H]1O[C@@](C#N)(c2ccc3c(N)ncnn23)[C@@H]2OC(C)(C)O[C@@H]21)OCc1cc(F)cc(C#N)c1.CCCCCCCCCCCCCCCCCCC[C@H](COP(=O)(O)OC[C@H]1O[C@@](C#N)(c2ccc3c(N)ncnn23)[C@H](O)[C@@H]1O)OCc1cc(F)cc(C#N)c1. The largest absolute Gasteiger partial charge is 0.472 e. The highest BCUT2D eigenvalue weighted by Gasteiger charge is 2.66. The van der Waals surface area contributed by atoms with Crippen molar-refractivity contribution in [2.45, 2.75) is 338 Å². The van der Waals surface area contributed by atoms with Gasteiger partial charge in [-0.05, 0) is 98.5 Å². The Kier molecular flexibility index (Phi) is 40.0. The molecule has 12 atom stereocenters. The van der Waals surface area contributed by atoms with Crippen molar-refractivity contribution < 1.29 is 84.4 Å². The minimum atomic E-state index is -4.78. The highest BCUT2D eigenvalue weighted by molar-refractivity contribution is 7.47. The lowest BCUT2D eigenvalue weighted by molar-refractivity contribution is -0.204. The van der Waals surface area contributed by atoms with Crippen molar-refractivity contribution in [2.75, 3.05) is 37.9 Å². The second-order valence-electron chi connectivity index (χ2n) is 31.6. The van der Waals surface area contributed by atoms with Crippen LogP contribution in [0.2, 0.25) is 0 Å². The number of aliphatic hydroxyl groups excluding tert-OH is 2. The third-order valence-corrected chi connectivity index (χ3v) is 23.7. The molecule has 2 aromatic carbocycles. The van der Waals surface area contributed by atoms with Gasteiger partial charge < -0.3 is 59.9 Å². The number of benzene rings is 2. The molecule has 0 spiro atoms. The van der Waals surface area contributed by atoms with Crippen molar-refractivity contribution >= 4 is 38.3 Å². The number of fused-ring (bicyclic) bond motifs is 3. The number of phosphoric ester groups is 2. The minimum absolute atomic E-state index is 0.0245. The number of anilines is 2. The normalized spacial score (nSPS) is 21.7. The predicted octanol–water partition coefficient (Wildman–Crippen LogP) is 17.6. The summed E-state index contributed by atoms with van der Waals surface area (Å²) in [6.45, 7) is 6.02. The summed E-state index contributed by atoms with van der Waals surface area (Å²) in [5, 5.41) is 69.4. The monoisotopic (exact) mass is 1670 g/mol. The zero-order chi connectivity index (χ0) is 84.1. The number of rotatable bonds is 56. The number of nitriles is 4. The van der Waals surface area contributed by atoms with Crippen LogP contribution in [0.5, 0.6) is 0 Å². The molecule has 0 saturated carbocycles. The van der Waals surface area contributed by atoms with E-state index in [-0.39, 0.29) is 54.9 Å². The molecule has 0 bridgehead atoms. The van der Waals surface area contributed by atoms with E-state index in [0.717, 1.165) is 69.8 Å². The van der Waals surface area contributed by atoms with E-state index in [4.69, 9.17) is 58.0 Å². The molecule has 3 saturated heterocycles. The molecule has 0 aliphatic carbocycles. The molecule has 3 aliphatic rings. The molecule has 0 radical (unpaired) electrons. The molecule has 4 aromatic heterocycles. The molecule has 7 heterocycles. The van der Waals surface area contributed by atoms with Crippen LogP contribution in [0.4, 0.5) is 20.4 Å². The van der Waals surface area contributed by atoms with Gasteiger partial charge in [0.15, 0.2) is 17.4 Å². The maximum absolute atomic E-state index is 14.2. The van der Waals surface area contributed by atoms with Crippen LogP contribution in [-0.2, 0) is 80.1 Å². The standard InChI is InChI=1S/C44H64FN6O8P.C41H60FN6O8P/c1-4-5-6-7-8-9-10-11-12-13-14-15-16-17-18-19-20-21-36(54-28-34-24-33(27-46)25-35(45)26-34)29-55-60(52,53)56-30-38-40-41(59-43(2,3)58-40)44(31-47,57-38)39-23-22-37-42(48)49-32-50-51(37)39;1-2-3-4-5-6-7-8-9-10-11-12-13-14-15-16-17-18-19-34(53-26-32-22-31(25-43)23-33(42)24-32)27-54-57(51,52)55-28-36-38(49)39(50)41(29-44,56-36)37-21-20-35-40(45)46-30-47-48(35)37/h22-26,32,36,38,40-41H,4-21,28-30H2,1-3H3,(H,52,53)(H2,48,49,50);20-24,30,34,36,38-39,49-50H,2-19,26-28H2,1H3,(H,51,52)(H2,45,46,47)/t36-,38-,40-,41-,44+;34-,36-,38-,39-,41+/m11/s1. The number of phosphoric acid groups is 2. The van der Waals surface area contributed by atoms with E-state index in [9.17, 15) is 59.0 Å². The van der Waals surface area contributed by atoms with Gasteiger partial charge in [-0.3, -0.25) is 18.1 Å². The highest BCUT2D eigenvalue weighted by Crippen LogP contribution is 2.52. The third-order valence-electron chi connectivity index (χ3n) is 21.8. The number of hydrogen-bond acceptors (Lipinski definition) is 24. The number of halogens is 2. The molecule has 117 heavy (non-hydrogen) atoms. The Hall–Kier alpha value is -7.00. The summed E-state index contributed by atoms with van der Waals surface area (Å²) < 4.78 is 115. The van der Waals surface area contributed by atoms with Crippen molar-refractivity contribution in [1.29, 1.82) is 21.0 Å². The smallest absolute Gasteiger partial charge is 0.387 e. The van der Waals surface area contributed by atoms with Crippen molar-refractivity contribution in [3.63, 3.8) is 0 Å². The first-order valence-electron chi connectivity index (χ1n) is 42.4. The molecule has 0 amide bonds. The molecular weight excluding hydrogens is 1540 g/mol. The zero-order valence-electron chi connectivity index (χ0n) is 68.7. The zero-order valence-corrected chi connectivity index (χ0v) is 70.5. The van der Waals surface area contributed by atoms with E-state index in [1.807, 2.05) is 18.2 Å².